The van der Waals surface area contributed by atoms with E-state index in [1.807, 2.05) is 38.1 Å². The van der Waals surface area contributed by atoms with Crippen LogP contribution in [-0.2, 0) is 20.7 Å². The molecule has 0 bridgehead atoms. The number of hydrogen-bond donors (Lipinski definition) is 2. The van der Waals surface area contributed by atoms with Gasteiger partial charge in [0.05, 0.1) is 13.2 Å². The molecule has 0 aromatic heterocycles. The monoisotopic (exact) mass is 418 g/mol. The highest BCUT2D eigenvalue weighted by Gasteiger charge is 2.25. The Bertz CT molecular complexity index is 503. The lowest BCUT2D eigenvalue weighted by molar-refractivity contribution is -0.145. The minimum absolute atomic E-state index is 0.313. The zero-order valence-corrected chi connectivity index (χ0v) is 15.3. The van der Waals surface area contributed by atoms with Crippen LogP contribution in [0, 0.1) is 9.49 Å². The molecule has 0 unspecified atom stereocenters. The van der Waals surface area contributed by atoms with Crippen molar-refractivity contribution in [3.63, 3.8) is 0 Å². The summed E-state index contributed by atoms with van der Waals surface area (Å²) >= 11 is 2.21. The molecule has 1 aromatic rings. The number of carbonyl (C=O) groups excluding carboxylic acids is 2. The second-order valence-corrected chi connectivity index (χ2v) is 6.90. The van der Waals surface area contributed by atoms with Gasteiger partial charge in [0, 0.05) is 9.99 Å². The van der Waals surface area contributed by atoms with Gasteiger partial charge in [-0.2, -0.15) is 0 Å². The number of esters is 1. The van der Waals surface area contributed by atoms with E-state index in [9.17, 15) is 9.59 Å². The summed E-state index contributed by atoms with van der Waals surface area (Å²) in [6, 6.07) is 6.42. The Labute approximate surface area is 145 Å². The van der Waals surface area contributed by atoms with E-state index in [0.29, 0.717) is 18.8 Å². The Hall–Kier alpha value is -1.15. The molecule has 1 rings (SSSR count). The van der Waals surface area contributed by atoms with Crippen LogP contribution in [-0.4, -0.2) is 31.1 Å². The van der Waals surface area contributed by atoms with Crippen molar-refractivity contribution in [2.75, 3.05) is 7.11 Å². The molecular formula is C16H23IN2O3. The summed E-state index contributed by atoms with van der Waals surface area (Å²) in [5.74, 6) is -0.480. The van der Waals surface area contributed by atoms with Gasteiger partial charge in [0.2, 0.25) is 5.91 Å². The summed E-state index contributed by atoms with van der Waals surface area (Å²) in [7, 11) is 1.31. The van der Waals surface area contributed by atoms with Gasteiger partial charge in [-0.3, -0.25) is 4.79 Å². The molecule has 1 amide bonds. The Balaban J connectivity index is 2.74. The van der Waals surface area contributed by atoms with Crippen molar-refractivity contribution in [2.45, 2.75) is 38.8 Å². The fourth-order valence-corrected chi connectivity index (χ4v) is 2.44. The first-order chi connectivity index (χ1) is 10.3. The second kappa shape index (κ2) is 9.09. The molecule has 5 nitrogen and oxygen atoms in total. The van der Waals surface area contributed by atoms with Crippen LogP contribution in [0.15, 0.2) is 24.3 Å². The fraction of sp³-hybridized carbons (Fsp3) is 0.500. The SMILES string of the molecule is COC(=O)[C@H](Cc1ccc(I)cc1)NC(=O)[C@@H](N)CC(C)C. The predicted octanol–water partition coefficient (Wildman–Crippen LogP) is 1.86. The number of nitrogens with one attached hydrogen (secondary N) is 1. The van der Waals surface area contributed by atoms with E-state index in [-0.39, 0.29) is 5.91 Å². The number of amides is 1. The highest BCUT2D eigenvalue weighted by Crippen LogP contribution is 2.10. The maximum absolute atomic E-state index is 12.1. The molecular weight excluding hydrogens is 395 g/mol. The van der Waals surface area contributed by atoms with Gasteiger partial charge < -0.3 is 15.8 Å². The molecule has 0 spiro atoms. The molecule has 0 saturated carbocycles. The minimum Gasteiger partial charge on any atom is -0.467 e. The van der Waals surface area contributed by atoms with Gasteiger partial charge in [0.25, 0.3) is 0 Å². The van der Waals surface area contributed by atoms with E-state index in [2.05, 4.69) is 27.9 Å². The van der Waals surface area contributed by atoms with Gasteiger partial charge in [-0.25, -0.2) is 4.79 Å². The van der Waals surface area contributed by atoms with Crippen LogP contribution in [0.5, 0.6) is 0 Å². The third-order valence-electron chi connectivity index (χ3n) is 3.22. The molecule has 0 aliphatic carbocycles. The van der Waals surface area contributed by atoms with E-state index in [0.717, 1.165) is 9.13 Å². The molecule has 22 heavy (non-hydrogen) atoms. The number of hydrogen-bond acceptors (Lipinski definition) is 4. The van der Waals surface area contributed by atoms with Gasteiger partial charge >= 0.3 is 5.97 Å². The molecule has 0 radical (unpaired) electrons. The molecule has 3 N–H and O–H groups in total. The fourth-order valence-electron chi connectivity index (χ4n) is 2.09. The Kier molecular flexibility index (Phi) is 7.81. The summed E-state index contributed by atoms with van der Waals surface area (Å²) in [5.41, 5.74) is 6.81. The van der Waals surface area contributed by atoms with Crippen molar-refractivity contribution in [3.05, 3.63) is 33.4 Å². The summed E-state index contributed by atoms with van der Waals surface area (Å²) in [6.45, 7) is 3.99. The number of ether oxygens (including phenoxy) is 1. The van der Waals surface area contributed by atoms with Crippen molar-refractivity contribution in [1.82, 2.24) is 5.32 Å². The number of benzene rings is 1. The molecule has 0 aliphatic rings. The van der Waals surface area contributed by atoms with Crippen LogP contribution in [0.2, 0.25) is 0 Å². The van der Waals surface area contributed by atoms with E-state index >= 15 is 0 Å². The Morgan fingerprint density at radius 1 is 1.27 bits per heavy atom. The number of halogens is 1. The molecule has 1 aromatic carbocycles. The zero-order valence-electron chi connectivity index (χ0n) is 13.1. The first-order valence-corrected chi connectivity index (χ1v) is 8.29. The number of methoxy groups -OCH3 is 1. The minimum atomic E-state index is -0.726. The highest BCUT2D eigenvalue weighted by atomic mass is 127. The lowest BCUT2D eigenvalue weighted by Gasteiger charge is -2.20. The van der Waals surface area contributed by atoms with Gasteiger partial charge in [-0.15, -0.1) is 0 Å². The Morgan fingerprint density at radius 2 is 1.86 bits per heavy atom. The topological polar surface area (TPSA) is 81.4 Å². The van der Waals surface area contributed by atoms with E-state index < -0.39 is 18.1 Å². The quantitative estimate of drug-likeness (QED) is 0.524. The third kappa shape index (κ3) is 6.31. The first-order valence-electron chi connectivity index (χ1n) is 7.21. The van der Waals surface area contributed by atoms with Crippen molar-refractivity contribution in [2.24, 2.45) is 11.7 Å². The molecule has 0 heterocycles. The summed E-state index contributed by atoms with van der Waals surface area (Å²) in [4.78, 5) is 24.0. The average Bonchev–Trinajstić information content (AvgIpc) is 2.47. The Morgan fingerprint density at radius 3 is 2.36 bits per heavy atom. The number of carbonyl (C=O) groups is 2. The van der Waals surface area contributed by atoms with Crippen LogP contribution in [0.3, 0.4) is 0 Å². The van der Waals surface area contributed by atoms with Gasteiger partial charge in [-0.1, -0.05) is 26.0 Å². The van der Waals surface area contributed by atoms with Crippen LogP contribution in [0.25, 0.3) is 0 Å². The van der Waals surface area contributed by atoms with E-state index in [1.54, 1.807) is 0 Å². The average molecular weight is 418 g/mol. The molecule has 2 atom stereocenters. The first kappa shape index (κ1) is 18.9. The van der Waals surface area contributed by atoms with E-state index in [4.69, 9.17) is 10.5 Å². The molecule has 0 fully saturated rings. The molecule has 0 aliphatic heterocycles. The van der Waals surface area contributed by atoms with Gasteiger partial charge in [0.1, 0.15) is 6.04 Å². The largest absolute Gasteiger partial charge is 0.467 e. The summed E-state index contributed by atoms with van der Waals surface area (Å²) in [5, 5.41) is 2.70. The lowest BCUT2D eigenvalue weighted by Crippen LogP contribution is -2.50. The highest BCUT2D eigenvalue weighted by molar-refractivity contribution is 14.1. The van der Waals surface area contributed by atoms with Crippen molar-refractivity contribution in [1.29, 1.82) is 0 Å². The van der Waals surface area contributed by atoms with Gasteiger partial charge in [-0.05, 0) is 52.6 Å². The molecule has 0 saturated heterocycles. The van der Waals surface area contributed by atoms with E-state index in [1.165, 1.54) is 7.11 Å². The summed E-state index contributed by atoms with van der Waals surface area (Å²) in [6.07, 6.45) is 0.951. The lowest BCUT2D eigenvalue weighted by atomic mass is 10.0. The van der Waals surface area contributed by atoms with Gasteiger partial charge in [0.15, 0.2) is 0 Å². The second-order valence-electron chi connectivity index (χ2n) is 5.65. The standard InChI is InChI=1S/C16H23IN2O3/c1-10(2)8-13(18)15(20)19-14(16(21)22-3)9-11-4-6-12(17)7-5-11/h4-7,10,13-14H,8-9,18H2,1-3H3,(H,19,20)/t13-,14-/m0/s1. The van der Waals surface area contributed by atoms with Crippen LogP contribution < -0.4 is 11.1 Å². The summed E-state index contributed by atoms with van der Waals surface area (Å²) < 4.78 is 5.88. The number of rotatable bonds is 7. The predicted molar refractivity (Wildman–Crippen MR) is 94.2 cm³/mol. The van der Waals surface area contributed by atoms with Crippen LogP contribution in [0.1, 0.15) is 25.8 Å². The maximum Gasteiger partial charge on any atom is 0.328 e. The molecule has 6 heteroatoms. The zero-order chi connectivity index (χ0) is 16.7. The van der Waals surface area contributed by atoms with Crippen molar-refractivity contribution < 1.29 is 14.3 Å². The maximum atomic E-state index is 12.1. The normalized spacial score (nSPS) is 13.5. The van der Waals surface area contributed by atoms with Crippen molar-refractivity contribution in [3.8, 4) is 0 Å². The van der Waals surface area contributed by atoms with Crippen molar-refractivity contribution >= 4 is 34.5 Å². The smallest absolute Gasteiger partial charge is 0.328 e. The third-order valence-corrected chi connectivity index (χ3v) is 3.94. The molecule has 122 valence electrons. The van der Waals surface area contributed by atoms with Crippen LogP contribution >= 0.6 is 22.6 Å². The van der Waals surface area contributed by atoms with Crippen LogP contribution in [0.4, 0.5) is 0 Å². The number of nitrogens with two attached hydrogens (primary N) is 1.